The summed E-state index contributed by atoms with van der Waals surface area (Å²) in [6.07, 6.45) is 0. The zero-order valence-corrected chi connectivity index (χ0v) is 14.5. The van der Waals surface area contributed by atoms with E-state index in [1.165, 1.54) is 4.90 Å². The summed E-state index contributed by atoms with van der Waals surface area (Å²) >= 11 is 0. The number of carbonyl (C=O) groups excluding carboxylic acids is 1. The van der Waals surface area contributed by atoms with Crippen LogP contribution < -0.4 is 10.1 Å². The Hall–Kier alpha value is -1.89. The molecule has 130 valence electrons. The minimum atomic E-state index is -0.855. The van der Waals surface area contributed by atoms with Crippen LogP contribution in [0.5, 0.6) is 5.75 Å². The van der Waals surface area contributed by atoms with Gasteiger partial charge in [-0.25, -0.2) is 13.6 Å². The average Bonchev–Trinajstić information content (AvgIpc) is 2.39. The summed E-state index contributed by atoms with van der Waals surface area (Å²) in [5.41, 5.74) is -0.679. The highest BCUT2D eigenvalue weighted by atomic mass is 19.1. The normalized spacial score (nSPS) is 11.5. The third-order valence-electron chi connectivity index (χ3n) is 2.89. The first-order valence-electron chi connectivity index (χ1n) is 7.34. The van der Waals surface area contributed by atoms with Crippen LogP contribution in [0.3, 0.4) is 0 Å². The zero-order valence-electron chi connectivity index (χ0n) is 14.5. The number of anilines is 1. The molecular weight excluding hydrogens is 304 g/mol. The summed E-state index contributed by atoms with van der Waals surface area (Å²) in [6.45, 7) is 6.27. The number of ether oxygens (including phenoxy) is 1. The Morgan fingerprint density at radius 2 is 1.65 bits per heavy atom. The van der Waals surface area contributed by atoms with Crippen LogP contribution >= 0.6 is 0 Å². The number of carbonyl (C=O) groups is 1. The molecule has 0 radical (unpaired) electrons. The lowest BCUT2D eigenvalue weighted by Crippen LogP contribution is -2.36. The molecule has 0 unspecified atom stereocenters. The van der Waals surface area contributed by atoms with E-state index in [0.29, 0.717) is 13.1 Å². The van der Waals surface area contributed by atoms with Crippen molar-refractivity contribution >= 4 is 11.7 Å². The molecule has 0 aliphatic carbocycles. The molecule has 0 spiro atoms. The topological polar surface area (TPSA) is 44.8 Å². The number of amides is 2. The molecule has 1 aromatic rings. The van der Waals surface area contributed by atoms with Crippen LogP contribution in [-0.4, -0.2) is 55.7 Å². The molecule has 1 rings (SSSR count). The highest BCUT2D eigenvalue weighted by Gasteiger charge is 2.20. The molecular formula is C16H25F2N3O2. The van der Waals surface area contributed by atoms with Gasteiger partial charge in [-0.3, -0.25) is 0 Å². The van der Waals surface area contributed by atoms with Crippen molar-refractivity contribution in [2.24, 2.45) is 0 Å². The lowest BCUT2D eigenvalue weighted by Gasteiger charge is -2.23. The molecule has 2 amide bonds. The fourth-order valence-electron chi connectivity index (χ4n) is 1.71. The average molecular weight is 329 g/mol. The van der Waals surface area contributed by atoms with Gasteiger partial charge in [0.15, 0.2) is 17.4 Å². The van der Waals surface area contributed by atoms with Gasteiger partial charge in [-0.05, 0) is 34.9 Å². The molecule has 0 saturated heterocycles. The van der Waals surface area contributed by atoms with Crippen molar-refractivity contribution in [3.05, 3.63) is 23.8 Å². The largest absolute Gasteiger partial charge is 0.482 e. The van der Waals surface area contributed by atoms with E-state index in [1.807, 2.05) is 19.0 Å². The molecule has 0 aliphatic rings. The maximum atomic E-state index is 14.0. The smallest absolute Gasteiger partial charge is 0.321 e. The van der Waals surface area contributed by atoms with Crippen LogP contribution in [0.2, 0.25) is 0 Å². The van der Waals surface area contributed by atoms with Gasteiger partial charge < -0.3 is 19.9 Å². The van der Waals surface area contributed by atoms with Crippen molar-refractivity contribution in [2.45, 2.75) is 26.4 Å². The molecule has 0 heterocycles. The number of urea groups is 1. The Morgan fingerprint density at radius 1 is 1.13 bits per heavy atom. The quantitative estimate of drug-likeness (QED) is 0.902. The standard InChI is InChI=1S/C16H25F2N3O2/c1-16(2,3)23-14-12(17)9-11(10-13(14)18)19-15(22)21(6)8-7-20(4)5/h9-10H,7-8H2,1-6H3,(H,19,22). The Labute approximate surface area is 136 Å². The van der Waals surface area contributed by atoms with Gasteiger partial charge >= 0.3 is 6.03 Å². The first kappa shape index (κ1) is 19.2. The second-order valence-electron chi connectivity index (χ2n) is 6.64. The molecule has 0 saturated carbocycles. The minimum absolute atomic E-state index is 0.0444. The maximum Gasteiger partial charge on any atom is 0.321 e. The summed E-state index contributed by atoms with van der Waals surface area (Å²) in [6, 6.07) is 1.65. The third kappa shape index (κ3) is 6.40. The Balaban J connectivity index is 2.81. The molecule has 0 fully saturated rings. The van der Waals surface area contributed by atoms with E-state index in [1.54, 1.807) is 27.8 Å². The first-order chi connectivity index (χ1) is 10.5. The van der Waals surface area contributed by atoms with E-state index >= 15 is 0 Å². The number of hydrogen-bond acceptors (Lipinski definition) is 3. The number of nitrogens with one attached hydrogen (secondary N) is 1. The molecule has 1 aromatic carbocycles. The van der Waals surface area contributed by atoms with Gasteiger partial charge in [0.05, 0.1) is 0 Å². The van der Waals surface area contributed by atoms with Crippen molar-refractivity contribution < 1.29 is 18.3 Å². The van der Waals surface area contributed by atoms with Crippen molar-refractivity contribution in [3.63, 3.8) is 0 Å². The summed E-state index contributed by atoms with van der Waals surface area (Å²) in [7, 11) is 5.40. The van der Waals surface area contributed by atoms with Crippen molar-refractivity contribution in [1.29, 1.82) is 0 Å². The van der Waals surface area contributed by atoms with Gasteiger partial charge in [0.25, 0.3) is 0 Å². The number of rotatable bonds is 5. The Morgan fingerprint density at radius 3 is 2.09 bits per heavy atom. The highest BCUT2D eigenvalue weighted by Crippen LogP contribution is 2.28. The summed E-state index contributed by atoms with van der Waals surface area (Å²) in [5, 5.41) is 2.47. The van der Waals surface area contributed by atoms with Crippen LogP contribution in [-0.2, 0) is 0 Å². The number of likely N-dealkylation sites (N-methyl/N-ethyl adjacent to an activating group) is 2. The fourth-order valence-corrected chi connectivity index (χ4v) is 1.71. The van der Waals surface area contributed by atoms with E-state index in [9.17, 15) is 13.6 Å². The predicted octanol–water partition coefficient (Wildman–Crippen LogP) is 3.17. The van der Waals surface area contributed by atoms with E-state index in [2.05, 4.69) is 5.32 Å². The molecule has 23 heavy (non-hydrogen) atoms. The molecule has 1 N–H and O–H groups in total. The van der Waals surface area contributed by atoms with E-state index < -0.39 is 29.0 Å². The van der Waals surface area contributed by atoms with Crippen molar-refractivity contribution in [3.8, 4) is 5.75 Å². The lowest BCUT2D eigenvalue weighted by atomic mass is 10.2. The summed E-state index contributed by atoms with van der Waals surface area (Å²) < 4.78 is 33.3. The van der Waals surface area contributed by atoms with E-state index in [0.717, 1.165) is 12.1 Å². The zero-order chi connectivity index (χ0) is 17.8. The molecule has 0 aliphatic heterocycles. The molecule has 5 nitrogen and oxygen atoms in total. The molecule has 0 aromatic heterocycles. The number of hydrogen-bond donors (Lipinski definition) is 1. The third-order valence-corrected chi connectivity index (χ3v) is 2.89. The second-order valence-corrected chi connectivity index (χ2v) is 6.64. The number of benzene rings is 1. The predicted molar refractivity (Wildman–Crippen MR) is 86.9 cm³/mol. The molecule has 0 atom stereocenters. The summed E-state index contributed by atoms with van der Waals surface area (Å²) in [5.74, 6) is -2.16. The van der Waals surface area contributed by atoms with E-state index in [-0.39, 0.29) is 5.69 Å². The monoisotopic (exact) mass is 329 g/mol. The minimum Gasteiger partial charge on any atom is -0.482 e. The highest BCUT2D eigenvalue weighted by molar-refractivity contribution is 5.89. The molecule has 0 bridgehead atoms. The number of nitrogens with zero attached hydrogens (tertiary/aromatic N) is 2. The lowest BCUT2D eigenvalue weighted by molar-refractivity contribution is 0.117. The van der Waals surface area contributed by atoms with Crippen LogP contribution in [0.1, 0.15) is 20.8 Å². The van der Waals surface area contributed by atoms with Crippen molar-refractivity contribution in [1.82, 2.24) is 9.80 Å². The van der Waals surface area contributed by atoms with Crippen LogP contribution in [0, 0.1) is 11.6 Å². The van der Waals surface area contributed by atoms with Crippen LogP contribution in [0.25, 0.3) is 0 Å². The Bertz CT molecular complexity index is 534. The van der Waals surface area contributed by atoms with Gasteiger partial charge in [-0.1, -0.05) is 0 Å². The van der Waals surface area contributed by atoms with Crippen LogP contribution in [0.4, 0.5) is 19.3 Å². The number of halogens is 2. The SMILES string of the molecule is CN(C)CCN(C)C(=O)Nc1cc(F)c(OC(C)(C)C)c(F)c1. The van der Waals surface area contributed by atoms with Gasteiger partial charge in [-0.2, -0.15) is 0 Å². The Kier molecular flexibility index (Phi) is 6.32. The van der Waals surface area contributed by atoms with E-state index in [4.69, 9.17) is 4.74 Å². The second kappa shape index (κ2) is 7.59. The van der Waals surface area contributed by atoms with Crippen molar-refractivity contribution in [2.75, 3.05) is 39.5 Å². The van der Waals surface area contributed by atoms with Gasteiger partial charge in [-0.15, -0.1) is 0 Å². The van der Waals surface area contributed by atoms with Gasteiger partial charge in [0, 0.05) is 38.0 Å². The van der Waals surface area contributed by atoms with Gasteiger partial charge in [0.1, 0.15) is 5.60 Å². The summed E-state index contributed by atoms with van der Waals surface area (Å²) in [4.78, 5) is 15.4. The van der Waals surface area contributed by atoms with Crippen LogP contribution in [0.15, 0.2) is 12.1 Å². The fraction of sp³-hybridized carbons (Fsp3) is 0.562. The maximum absolute atomic E-state index is 14.0. The first-order valence-corrected chi connectivity index (χ1v) is 7.34. The molecule has 7 heteroatoms. The van der Waals surface area contributed by atoms with Gasteiger partial charge in [0.2, 0.25) is 0 Å².